The number of aromatic nitrogens is 2. The standard InChI is InChI=1S/C16H17N5OS.ClH/c1-3-17-11(2)13-10-23-16(19-13)20-14-7-6-12(9-18-14)21-8-4-5-15(21)22;/h3,6-7,9-10H,2,4-5,8H2,1H3,(H,18,19,20);1H/b17-3-;. The van der Waals surface area contributed by atoms with Crippen molar-refractivity contribution in [2.45, 2.75) is 19.8 Å². The number of anilines is 3. The first-order valence-electron chi connectivity index (χ1n) is 7.34. The fraction of sp³-hybridized carbons (Fsp3) is 0.250. The normalized spacial score (nSPS) is 14.0. The van der Waals surface area contributed by atoms with Crippen molar-refractivity contribution in [1.29, 1.82) is 0 Å². The van der Waals surface area contributed by atoms with Gasteiger partial charge in [-0.05, 0) is 25.5 Å². The number of nitrogens with zero attached hydrogens (tertiary/aromatic N) is 4. The number of thiazole rings is 1. The minimum absolute atomic E-state index is 0. The second-order valence-corrected chi connectivity index (χ2v) is 5.91. The number of hydrogen-bond donors (Lipinski definition) is 1. The van der Waals surface area contributed by atoms with Crippen LogP contribution in [0.3, 0.4) is 0 Å². The number of carbonyl (C=O) groups is 1. The van der Waals surface area contributed by atoms with E-state index in [0.29, 0.717) is 17.9 Å². The van der Waals surface area contributed by atoms with E-state index in [1.807, 2.05) is 24.4 Å². The van der Waals surface area contributed by atoms with Crippen molar-refractivity contribution in [2.75, 3.05) is 16.8 Å². The number of halogens is 1. The van der Waals surface area contributed by atoms with Crippen LogP contribution in [0.15, 0.2) is 35.3 Å². The Morgan fingerprint density at radius 2 is 2.33 bits per heavy atom. The van der Waals surface area contributed by atoms with Crippen molar-refractivity contribution < 1.29 is 4.79 Å². The molecule has 0 atom stereocenters. The predicted molar refractivity (Wildman–Crippen MR) is 102 cm³/mol. The van der Waals surface area contributed by atoms with Crippen LogP contribution in [0.25, 0.3) is 5.70 Å². The lowest BCUT2D eigenvalue weighted by Crippen LogP contribution is -2.23. The average Bonchev–Trinajstić information content (AvgIpc) is 3.18. The summed E-state index contributed by atoms with van der Waals surface area (Å²) in [6, 6.07) is 3.74. The van der Waals surface area contributed by atoms with E-state index < -0.39 is 0 Å². The fourth-order valence-electron chi connectivity index (χ4n) is 2.34. The summed E-state index contributed by atoms with van der Waals surface area (Å²) in [7, 11) is 0. The van der Waals surface area contributed by atoms with Crippen LogP contribution < -0.4 is 10.2 Å². The molecule has 1 fully saturated rings. The highest BCUT2D eigenvalue weighted by Crippen LogP contribution is 2.25. The lowest BCUT2D eigenvalue weighted by Gasteiger charge is -2.15. The first-order valence-corrected chi connectivity index (χ1v) is 8.22. The summed E-state index contributed by atoms with van der Waals surface area (Å²) in [4.78, 5) is 26.4. The summed E-state index contributed by atoms with van der Waals surface area (Å²) in [5, 5.41) is 5.77. The van der Waals surface area contributed by atoms with Gasteiger partial charge in [0.05, 0.1) is 17.6 Å². The molecule has 3 heterocycles. The molecule has 24 heavy (non-hydrogen) atoms. The molecule has 1 aliphatic heterocycles. The number of hydrogen-bond acceptors (Lipinski definition) is 6. The van der Waals surface area contributed by atoms with E-state index in [-0.39, 0.29) is 18.3 Å². The maximum absolute atomic E-state index is 11.7. The molecule has 0 aliphatic carbocycles. The van der Waals surface area contributed by atoms with Gasteiger partial charge in [-0.25, -0.2) is 9.97 Å². The lowest BCUT2D eigenvalue weighted by atomic mass is 10.3. The van der Waals surface area contributed by atoms with Gasteiger partial charge in [0.15, 0.2) is 5.13 Å². The van der Waals surface area contributed by atoms with Gasteiger partial charge in [-0.3, -0.25) is 9.79 Å². The number of aliphatic imine (C=N–C) groups is 1. The number of rotatable bonds is 5. The van der Waals surface area contributed by atoms with Crippen molar-refractivity contribution in [1.82, 2.24) is 9.97 Å². The quantitative estimate of drug-likeness (QED) is 0.818. The van der Waals surface area contributed by atoms with Gasteiger partial charge in [0, 0.05) is 24.6 Å². The Bertz CT molecular complexity index is 756. The molecule has 3 rings (SSSR count). The molecule has 1 aliphatic rings. The van der Waals surface area contributed by atoms with Crippen molar-refractivity contribution in [3.05, 3.63) is 36.0 Å². The zero-order valence-corrected chi connectivity index (χ0v) is 14.9. The first kappa shape index (κ1) is 18.1. The summed E-state index contributed by atoms with van der Waals surface area (Å²) in [5.41, 5.74) is 2.21. The fourth-order valence-corrected chi connectivity index (χ4v) is 3.06. The third-order valence-electron chi connectivity index (χ3n) is 3.45. The Morgan fingerprint density at radius 1 is 1.50 bits per heavy atom. The van der Waals surface area contributed by atoms with Crippen LogP contribution in [0.2, 0.25) is 0 Å². The molecule has 0 aromatic carbocycles. The van der Waals surface area contributed by atoms with Crippen LogP contribution in [0.1, 0.15) is 25.5 Å². The molecule has 1 N–H and O–H groups in total. The smallest absolute Gasteiger partial charge is 0.227 e. The summed E-state index contributed by atoms with van der Waals surface area (Å²) in [5.74, 6) is 0.845. The van der Waals surface area contributed by atoms with E-state index in [2.05, 4.69) is 26.9 Å². The van der Waals surface area contributed by atoms with Gasteiger partial charge in [-0.15, -0.1) is 23.7 Å². The Morgan fingerprint density at radius 3 is 2.96 bits per heavy atom. The zero-order chi connectivity index (χ0) is 16.2. The van der Waals surface area contributed by atoms with Gasteiger partial charge in [-0.2, -0.15) is 0 Å². The molecule has 0 unspecified atom stereocenters. The predicted octanol–water partition coefficient (Wildman–Crippen LogP) is 3.89. The second kappa shape index (κ2) is 8.03. The molecule has 2 aromatic heterocycles. The Balaban J connectivity index is 0.00000208. The summed E-state index contributed by atoms with van der Waals surface area (Å²) >= 11 is 1.47. The molecule has 1 amide bonds. The van der Waals surface area contributed by atoms with Crippen LogP contribution in [0.4, 0.5) is 16.6 Å². The van der Waals surface area contributed by atoms with Crippen LogP contribution in [0.5, 0.6) is 0 Å². The van der Waals surface area contributed by atoms with Crippen molar-refractivity contribution >= 4 is 58.2 Å². The van der Waals surface area contributed by atoms with Gasteiger partial charge in [0.25, 0.3) is 0 Å². The molecule has 0 radical (unpaired) electrons. The first-order chi connectivity index (χ1) is 11.2. The summed E-state index contributed by atoms with van der Waals surface area (Å²) in [6.45, 7) is 6.47. The number of nitrogens with one attached hydrogen (secondary N) is 1. The summed E-state index contributed by atoms with van der Waals surface area (Å²) in [6.07, 6.45) is 4.92. The minimum Gasteiger partial charge on any atom is -0.316 e. The largest absolute Gasteiger partial charge is 0.316 e. The van der Waals surface area contributed by atoms with Crippen LogP contribution in [-0.4, -0.2) is 28.6 Å². The van der Waals surface area contributed by atoms with Gasteiger partial charge >= 0.3 is 0 Å². The molecular weight excluding hydrogens is 346 g/mol. The lowest BCUT2D eigenvalue weighted by molar-refractivity contribution is -0.117. The van der Waals surface area contributed by atoms with E-state index in [1.165, 1.54) is 11.3 Å². The van der Waals surface area contributed by atoms with Crippen molar-refractivity contribution in [2.24, 2.45) is 4.99 Å². The van der Waals surface area contributed by atoms with Gasteiger partial charge < -0.3 is 10.2 Å². The van der Waals surface area contributed by atoms with Crippen LogP contribution >= 0.6 is 23.7 Å². The van der Waals surface area contributed by atoms with Crippen molar-refractivity contribution in [3.8, 4) is 0 Å². The molecule has 1 saturated heterocycles. The van der Waals surface area contributed by atoms with Crippen LogP contribution in [-0.2, 0) is 4.79 Å². The molecular formula is C16H18ClN5OS. The van der Waals surface area contributed by atoms with Crippen molar-refractivity contribution in [3.63, 3.8) is 0 Å². The van der Waals surface area contributed by atoms with E-state index in [0.717, 1.165) is 29.5 Å². The second-order valence-electron chi connectivity index (χ2n) is 5.05. The Kier molecular flexibility index (Phi) is 6.05. The molecule has 2 aromatic rings. The average molecular weight is 364 g/mol. The minimum atomic E-state index is 0. The SMILES string of the molecule is C=C(/N=C\C)c1csc(Nc2ccc(N3CCCC3=O)cn2)n1.Cl. The van der Waals surface area contributed by atoms with Gasteiger partial charge in [0.1, 0.15) is 11.5 Å². The molecule has 8 heteroatoms. The molecule has 126 valence electrons. The molecule has 0 saturated carbocycles. The number of carbonyl (C=O) groups excluding carboxylic acids is 1. The highest BCUT2D eigenvalue weighted by atomic mass is 35.5. The van der Waals surface area contributed by atoms with E-state index >= 15 is 0 Å². The van der Waals surface area contributed by atoms with Crippen LogP contribution in [0, 0.1) is 0 Å². The highest BCUT2D eigenvalue weighted by Gasteiger charge is 2.21. The number of pyridine rings is 1. The third kappa shape index (κ3) is 3.98. The topological polar surface area (TPSA) is 70.5 Å². The van der Waals surface area contributed by atoms with Gasteiger partial charge in [0.2, 0.25) is 5.91 Å². The maximum atomic E-state index is 11.7. The molecule has 0 spiro atoms. The van der Waals surface area contributed by atoms with E-state index in [1.54, 1.807) is 17.3 Å². The Hall–Kier alpha value is -2.25. The zero-order valence-electron chi connectivity index (χ0n) is 13.2. The third-order valence-corrected chi connectivity index (χ3v) is 4.21. The summed E-state index contributed by atoms with van der Waals surface area (Å²) < 4.78 is 0. The Labute approximate surface area is 150 Å². The number of amides is 1. The highest BCUT2D eigenvalue weighted by molar-refractivity contribution is 7.13. The van der Waals surface area contributed by atoms with Gasteiger partial charge in [-0.1, -0.05) is 6.58 Å². The molecule has 0 bridgehead atoms. The van der Waals surface area contributed by atoms with E-state index in [4.69, 9.17) is 0 Å². The maximum Gasteiger partial charge on any atom is 0.227 e. The monoisotopic (exact) mass is 363 g/mol. The van der Waals surface area contributed by atoms with E-state index in [9.17, 15) is 4.79 Å². The molecule has 6 nitrogen and oxygen atoms in total.